The maximum Gasteiger partial charge on any atom is 0.352 e. The molecule has 3 heterocycles. The number of ether oxygens (including phenoxy) is 3. The van der Waals surface area contributed by atoms with E-state index in [9.17, 15) is 14.4 Å². The van der Waals surface area contributed by atoms with E-state index in [0.29, 0.717) is 48.6 Å². The van der Waals surface area contributed by atoms with Gasteiger partial charge in [0.05, 0.1) is 18.9 Å². The number of carbonyl (C=O) groups excluding carboxylic acids is 3. The van der Waals surface area contributed by atoms with Gasteiger partial charge in [0, 0.05) is 25.0 Å². The maximum atomic E-state index is 12.8. The van der Waals surface area contributed by atoms with E-state index in [1.165, 1.54) is 12.2 Å². The predicted molar refractivity (Wildman–Crippen MR) is 126 cm³/mol. The van der Waals surface area contributed by atoms with Crippen LogP contribution < -0.4 is 16.2 Å². The Balaban J connectivity index is 1.54. The fraction of sp³-hybridized carbons (Fsp3) is 0.429. The number of primary amides is 1. The van der Waals surface area contributed by atoms with Crippen molar-refractivity contribution in [3.05, 3.63) is 27.6 Å². The van der Waals surface area contributed by atoms with Gasteiger partial charge in [-0.05, 0) is 31.6 Å². The highest BCUT2D eigenvalue weighted by Gasteiger charge is 2.46. The molecule has 2 amide bonds. The maximum absolute atomic E-state index is 12.8. The first-order chi connectivity index (χ1) is 16.2. The Morgan fingerprint density at radius 3 is 2.59 bits per heavy atom. The molecule has 2 aromatic rings. The van der Waals surface area contributed by atoms with Crippen LogP contribution in [0.1, 0.15) is 22.2 Å². The van der Waals surface area contributed by atoms with Crippen LogP contribution in [-0.4, -0.2) is 77.8 Å². The molecule has 0 atom stereocenters. The van der Waals surface area contributed by atoms with Crippen molar-refractivity contribution in [1.29, 1.82) is 0 Å². The van der Waals surface area contributed by atoms with Gasteiger partial charge in [-0.15, -0.1) is 11.3 Å². The number of likely N-dealkylation sites (N-methyl/N-ethyl adjacent to an activating group) is 1. The van der Waals surface area contributed by atoms with Crippen molar-refractivity contribution in [2.45, 2.75) is 19.4 Å². The molecule has 1 fully saturated rings. The fourth-order valence-corrected chi connectivity index (χ4v) is 4.84. The van der Waals surface area contributed by atoms with Gasteiger partial charge < -0.3 is 25.7 Å². The SMILES string of the molecule is CCN(C(=O)COc1nc2sc(C(=O)OC3(C(N)=O)C=C3)c(N)c2c(C)c1Cl)N1CCOCC1. The monoisotopic (exact) mass is 509 g/mol. The van der Waals surface area contributed by atoms with Gasteiger partial charge in [0.15, 0.2) is 6.61 Å². The average Bonchev–Trinajstić information content (AvgIpc) is 3.52. The summed E-state index contributed by atoms with van der Waals surface area (Å²) in [6, 6.07) is 0. The number of halogens is 1. The number of nitrogens with zero attached hydrogens (tertiary/aromatic N) is 3. The van der Waals surface area contributed by atoms with Crippen LogP contribution in [-0.2, 0) is 19.1 Å². The molecule has 1 saturated heterocycles. The molecule has 13 heteroatoms. The lowest BCUT2D eigenvalue weighted by Crippen LogP contribution is -2.52. The number of esters is 1. The van der Waals surface area contributed by atoms with Crippen LogP contribution in [0.5, 0.6) is 5.88 Å². The Morgan fingerprint density at radius 2 is 2.00 bits per heavy atom. The zero-order valence-corrected chi connectivity index (χ0v) is 20.2. The first-order valence-corrected chi connectivity index (χ1v) is 11.8. The molecule has 0 unspecified atom stereocenters. The fourth-order valence-electron chi connectivity index (χ4n) is 3.62. The van der Waals surface area contributed by atoms with Gasteiger partial charge in [0.1, 0.15) is 14.7 Å². The van der Waals surface area contributed by atoms with Crippen LogP contribution in [0.15, 0.2) is 12.2 Å². The second-order valence-electron chi connectivity index (χ2n) is 7.73. The van der Waals surface area contributed by atoms with Crippen molar-refractivity contribution >= 4 is 56.6 Å². The molecule has 4 rings (SSSR count). The topological polar surface area (TPSA) is 150 Å². The summed E-state index contributed by atoms with van der Waals surface area (Å²) >= 11 is 7.43. The Hall–Kier alpha value is -2.93. The zero-order valence-electron chi connectivity index (χ0n) is 18.6. The molecule has 1 aliphatic heterocycles. The molecule has 2 aromatic heterocycles. The van der Waals surface area contributed by atoms with Crippen molar-refractivity contribution in [2.24, 2.45) is 5.73 Å². The van der Waals surface area contributed by atoms with Crippen molar-refractivity contribution in [2.75, 3.05) is 45.2 Å². The number of thiophene rings is 1. The van der Waals surface area contributed by atoms with Gasteiger partial charge in [-0.1, -0.05) is 11.6 Å². The number of aryl methyl sites for hydroxylation is 1. The van der Waals surface area contributed by atoms with Crippen LogP contribution in [0.3, 0.4) is 0 Å². The molecular formula is C21H24ClN5O6S. The second-order valence-corrected chi connectivity index (χ2v) is 9.10. The van der Waals surface area contributed by atoms with Crippen LogP contribution in [0, 0.1) is 6.92 Å². The number of anilines is 1. The summed E-state index contributed by atoms with van der Waals surface area (Å²) in [6.45, 7) is 6.13. The third kappa shape index (κ3) is 4.41. The number of hydrogen-bond donors (Lipinski definition) is 2. The summed E-state index contributed by atoms with van der Waals surface area (Å²) in [5.74, 6) is -1.79. The van der Waals surface area contributed by atoms with Crippen LogP contribution in [0.2, 0.25) is 5.02 Å². The highest BCUT2D eigenvalue weighted by molar-refractivity contribution is 7.21. The van der Waals surface area contributed by atoms with Crippen molar-refractivity contribution in [3.63, 3.8) is 0 Å². The zero-order chi connectivity index (χ0) is 24.6. The summed E-state index contributed by atoms with van der Waals surface area (Å²) < 4.78 is 16.2. The van der Waals surface area contributed by atoms with Gasteiger partial charge in [0.25, 0.3) is 11.8 Å². The highest BCUT2D eigenvalue weighted by atomic mass is 35.5. The predicted octanol–water partition coefficient (Wildman–Crippen LogP) is 1.27. The minimum Gasteiger partial charge on any atom is -0.466 e. The molecule has 0 bridgehead atoms. The van der Waals surface area contributed by atoms with E-state index in [4.69, 9.17) is 37.3 Å². The van der Waals surface area contributed by atoms with Crippen LogP contribution in [0.4, 0.5) is 5.69 Å². The van der Waals surface area contributed by atoms with Gasteiger partial charge in [-0.25, -0.2) is 14.8 Å². The highest BCUT2D eigenvalue weighted by Crippen LogP contribution is 2.42. The number of nitrogens with two attached hydrogens (primary N) is 2. The Bertz CT molecular complexity index is 1190. The first-order valence-electron chi connectivity index (χ1n) is 10.6. The van der Waals surface area contributed by atoms with Gasteiger partial charge in [-0.3, -0.25) is 14.6 Å². The summed E-state index contributed by atoms with van der Waals surface area (Å²) in [6.07, 6.45) is 2.77. The molecule has 1 aliphatic carbocycles. The number of carbonyl (C=O) groups is 3. The molecular weight excluding hydrogens is 486 g/mol. The Morgan fingerprint density at radius 1 is 1.32 bits per heavy atom. The lowest BCUT2D eigenvalue weighted by molar-refractivity contribution is -0.158. The standard InChI is InChI=1S/C21H24ClN5O6S/c1-3-27(26-6-8-31-9-7-26)12(28)10-32-17-14(22)11(2)13-15(23)16(34-18(13)25-17)19(29)33-21(4-5-21)20(24)30/h4-5H,3,6-10,23H2,1-2H3,(H2,24,30). The number of nitrogen functional groups attached to an aromatic ring is 1. The largest absolute Gasteiger partial charge is 0.466 e. The number of amides is 2. The van der Waals surface area contributed by atoms with Crippen LogP contribution in [0.25, 0.3) is 10.2 Å². The third-order valence-corrected chi connectivity index (χ3v) is 7.10. The average molecular weight is 510 g/mol. The summed E-state index contributed by atoms with van der Waals surface area (Å²) in [4.78, 5) is 41.8. The number of pyridine rings is 1. The molecule has 0 aromatic carbocycles. The number of hydrogen-bond acceptors (Lipinski definition) is 10. The van der Waals surface area contributed by atoms with E-state index < -0.39 is 17.5 Å². The van der Waals surface area contributed by atoms with E-state index in [-0.39, 0.29) is 34.0 Å². The number of aromatic nitrogens is 1. The molecule has 34 heavy (non-hydrogen) atoms. The second kappa shape index (κ2) is 9.37. The van der Waals surface area contributed by atoms with Crippen molar-refractivity contribution in [3.8, 4) is 5.88 Å². The summed E-state index contributed by atoms with van der Waals surface area (Å²) in [5.41, 5.74) is 10.6. The van der Waals surface area contributed by atoms with Gasteiger partial charge in [-0.2, -0.15) is 0 Å². The lowest BCUT2D eigenvalue weighted by Gasteiger charge is -2.36. The van der Waals surface area contributed by atoms with Gasteiger partial charge in [0.2, 0.25) is 11.5 Å². The Kier molecular flexibility index (Phi) is 6.67. The Labute approximate surface area is 204 Å². The molecule has 2 aliphatic rings. The van der Waals surface area contributed by atoms with Crippen molar-refractivity contribution in [1.82, 2.24) is 15.0 Å². The minimum atomic E-state index is -1.51. The molecule has 182 valence electrons. The van der Waals surface area contributed by atoms with E-state index in [2.05, 4.69) is 4.98 Å². The molecule has 0 radical (unpaired) electrons. The molecule has 0 spiro atoms. The normalized spacial score (nSPS) is 16.9. The summed E-state index contributed by atoms with van der Waals surface area (Å²) in [5, 5.41) is 4.18. The summed E-state index contributed by atoms with van der Waals surface area (Å²) in [7, 11) is 0. The molecule has 11 nitrogen and oxygen atoms in total. The number of rotatable bonds is 8. The number of hydrazine groups is 1. The quantitative estimate of drug-likeness (QED) is 0.396. The number of morpholine rings is 1. The van der Waals surface area contributed by atoms with Gasteiger partial charge >= 0.3 is 5.97 Å². The molecule has 4 N–H and O–H groups in total. The van der Waals surface area contributed by atoms with Crippen LogP contribution >= 0.6 is 22.9 Å². The first kappa shape index (κ1) is 24.2. The van der Waals surface area contributed by atoms with Crippen molar-refractivity contribution < 1.29 is 28.6 Å². The van der Waals surface area contributed by atoms with E-state index in [1.54, 1.807) is 11.9 Å². The smallest absolute Gasteiger partial charge is 0.352 e. The third-order valence-electron chi connectivity index (χ3n) is 5.57. The molecule has 0 saturated carbocycles. The number of fused-ring (bicyclic) bond motifs is 1. The van der Waals surface area contributed by atoms with E-state index in [0.717, 1.165) is 11.3 Å². The minimum absolute atomic E-state index is 0.0525. The lowest BCUT2D eigenvalue weighted by atomic mass is 10.1. The van der Waals surface area contributed by atoms with E-state index in [1.807, 2.05) is 11.9 Å². The van der Waals surface area contributed by atoms with E-state index >= 15 is 0 Å².